The van der Waals surface area contributed by atoms with Crippen molar-refractivity contribution >= 4 is 15.9 Å². The molecule has 0 N–H and O–H groups in total. The van der Waals surface area contributed by atoms with Gasteiger partial charge in [0, 0.05) is 17.6 Å². The summed E-state index contributed by atoms with van der Waals surface area (Å²) >= 11 is 3.47. The fraction of sp³-hybridized carbons (Fsp3) is 0.462. The van der Waals surface area contributed by atoms with Gasteiger partial charge in [-0.05, 0) is 31.2 Å². The van der Waals surface area contributed by atoms with Gasteiger partial charge < -0.3 is 0 Å². The van der Waals surface area contributed by atoms with Gasteiger partial charge in [-0.25, -0.2) is 0 Å². The Bertz CT molecular complexity index is 370. The van der Waals surface area contributed by atoms with Crippen molar-refractivity contribution in [1.29, 1.82) is 5.26 Å². The Morgan fingerprint density at radius 1 is 1.50 bits per heavy atom. The first-order valence-corrected chi connectivity index (χ1v) is 6.31. The molecule has 0 heterocycles. The molecule has 2 nitrogen and oxygen atoms in total. The fourth-order valence-corrected chi connectivity index (χ4v) is 2.07. The highest BCUT2D eigenvalue weighted by molar-refractivity contribution is 9.10. The first-order chi connectivity index (χ1) is 7.65. The molecule has 0 amide bonds. The zero-order valence-corrected chi connectivity index (χ0v) is 11.4. The second kappa shape index (κ2) is 6.67. The van der Waals surface area contributed by atoms with Gasteiger partial charge in [0.1, 0.15) is 0 Å². The Morgan fingerprint density at radius 2 is 2.25 bits per heavy atom. The molecule has 86 valence electrons. The molecule has 1 unspecified atom stereocenters. The van der Waals surface area contributed by atoms with Gasteiger partial charge in [-0.1, -0.05) is 35.0 Å². The van der Waals surface area contributed by atoms with Crippen LogP contribution in [-0.2, 0) is 6.54 Å². The third kappa shape index (κ3) is 4.34. The lowest BCUT2D eigenvalue weighted by molar-refractivity contribution is 0.260. The van der Waals surface area contributed by atoms with Crippen LogP contribution in [0.15, 0.2) is 28.7 Å². The van der Waals surface area contributed by atoms with Crippen molar-refractivity contribution in [3.63, 3.8) is 0 Å². The molecule has 0 aliphatic rings. The Morgan fingerprint density at radius 3 is 2.81 bits per heavy atom. The molecule has 0 saturated heterocycles. The maximum Gasteiger partial charge on any atom is 0.0666 e. The first kappa shape index (κ1) is 13.2. The molecule has 0 aliphatic heterocycles. The Hall–Kier alpha value is -0.850. The predicted molar refractivity (Wildman–Crippen MR) is 69.9 cm³/mol. The van der Waals surface area contributed by atoms with Crippen LogP contribution in [0.3, 0.4) is 0 Å². The van der Waals surface area contributed by atoms with E-state index in [4.69, 9.17) is 5.26 Å². The smallest absolute Gasteiger partial charge is 0.0666 e. The highest BCUT2D eigenvalue weighted by Crippen LogP contribution is 2.14. The molecule has 0 aliphatic carbocycles. The minimum atomic E-state index is 0.0899. The summed E-state index contributed by atoms with van der Waals surface area (Å²) in [6, 6.07) is 10.6. The van der Waals surface area contributed by atoms with Crippen LogP contribution in [0.25, 0.3) is 0 Å². The summed E-state index contributed by atoms with van der Waals surface area (Å²) in [4.78, 5) is 2.29. The molecular formula is C13H17BrN2. The standard InChI is InChI=1S/C13H17BrN2/c1-3-16(9-11(2)8-15)10-12-5-4-6-13(14)7-12/h4-7,11H,3,9-10H2,1-2H3. The summed E-state index contributed by atoms with van der Waals surface area (Å²) in [6.45, 7) is 6.80. The highest BCUT2D eigenvalue weighted by atomic mass is 79.9. The van der Waals surface area contributed by atoms with E-state index >= 15 is 0 Å². The van der Waals surface area contributed by atoms with Gasteiger partial charge in [0.05, 0.1) is 12.0 Å². The zero-order chi connectivity index (χ0) is 12.0. The lowest BCUT2D eigenvalue weighted by Crippen LogP contribution is -2.27. The van der Waals surface area contributed by atoms with Crippen molar-refractivity contribution < 1.29 is 0 Å². The normalized spacial score (nSPS) is 12.4. The molecule has 16 heavy (non-hydrogen) atoms. The summed E-state index contributed by atoms with van der Waals surface area (Å²) in [7, 11) is 0. The van der Waals surface area contributed by atoms with Crippen molar-refractivity contribution in [3.05, 3.63) is 34.3 Å². The van der Waals surface area contributed by atoms with Gasteiger partial charge in [-0.3, -0.25) is 4.90 Å². The van der Waals surface area contributed by atoms with Gasteiger partial charge in [-0.2, -0.15) is 5.26 Å². The number of halogens is 1. The van der Waals surface area contributed by atoms with Gasteiger partial charge in [-0.15, -0.1) is 0 Å². The SMILES string of the molecule is CCN(Cc1cccc(Br)c1)CC(C)C#N. The van der Waals surface area contributed by atoms with E-state index in [0.29, 0.717) is 0 Å². The average molecular weight is 281 g/mol. The van der Waals surface area contributed by atoms with E-state index in [1.165, 1.54) is 5.56 Å². The number of hydrogen-bond donors (Lipinski definition) is 0. The quantitative estimate of drug-likeness (QED) is 0.826. The highest BCUT2D eigenvalue weighted by Gasteiger charge is 2.08. The lowest BCUT2D eigenvalue weighted by Gasteiger charge is -2.21. The molecule has 0 bridgehead atoms. The summed E-state index contributed by atoms with van der Waals surface area (Å²) in [5.74, 6) is 0.0899. The van der Waals surface area contributed by atoms with Crippen molar-refractivity contribution in [2.24, 2.45) is 5.92 Å². The van der Waals surface area contributed by atoms with E-state index in [-0.39, 0.29) is 5.92 Å². The molecule has 0 spiro atoms. The Kier molecular flexibility index (Phi) is 5.51. The van der Waals surface area contributed by atoms with Gasteiger partial charge >= 0.3 is 0 Å². The van der Waals surface area contributed by atoms with E-state index in [9.17, 15) is 0 Å². The van der Waals surface area contributed by atoms with E-state index in [1.807, 2.05) is 19.1 Å². The van der Waals surface area contributed by atoms with Crippen LogP contribution in [0, 0.1) is 17.2 Å². The molecule has 1 aromatic carbocycles. The molecule has 1 aromatic rings. The minimum Gasteiger partial charge on any atom is -0.298 e. The molecule has 0 aromatic heterocycles. The average Bonchev–Trinajstić information content (AvgIpc) is 2.28. The number of rotatable bonds is 5. The van der Waals surface area contributed by atoms with Crippen molar-refractivity contribution in [2.45, 2.75) is 20.4 Å². The van der Waals surface area contributed by atoms with Gasteiger partial charge in [0.15, 0.2) is 0 Å². The van der Waals surface area contributed by atoms with E-state index in [2.05, 4.69) is 46.0 Å². The van der Waals surface area contributed by atoms with Crippen LogP contribution in [0.1, 0.15) is 19.4 Å². The van der Waals surface area contributed by atoms with E-state index in [1.54, 1.807) is 0 Å². The van der Waals surface area contributed by atoms with Crippen LogP contribution in [0.5, 0.6) is 0 Å². The van der Waals surface area contributed by atoms with Crippen LogP contribution in [-0.4, -0.2) is 18.0 Å². The molecular weight excluding hydrogens is 264 g/mol. The van der Waals surface area contributed by atoms with E-state index in [0.717, 1.165) is 24.1 Å². The van der Waals surface area contributed by atoms with Gasteiger partial charge in [0.25, 0.3) is 0 Å². The first-order valence-electron chi connectivity index (χ1n) is 5.52. The van der Waals surface area contributed by atoms with Crippen molar-refractivity contribution in [2.75, 3.05) is 13.1 Å². The minimum absolute atomic E-state index is 0.0899. The largest absolute Gasteiger partial charge is 0.298 e. The maximum atomic E-state index is 8.81. The lowest BCUT2D eigenvalue weighted by atomic mass is 10.1. The third-order valence-corrected chi connectivity index (χ3v) is 2.99. The number of nitriles is 1. The van der Waals surface area contributed by atoms with Crippen molar-refractivity contribution in [1.82, 2.24) is 4.90 Å². The summed E-state index contributed by atoms with van der Waals surface area (Å²) in [5.41, 5.74) is 1.28. The second-order valence-electron chi connectivity index (χ2n) is 3.99. The zero-order valence-electron chi connectivity index (χ0n) is 9.78. The Labute approximate surface area is 106 Å². The van der Waals surface area contributed by atoms with Crippen LogP contribution >= 0.6 is 15.9 Å². The van der Waals surface area contributed by atoms with Gasteiger partial charge in [0.2, 0.25) is 0 Å². The maximum absolute atomic E-state index is 8.81. The number of hydrogen-bond acceptors (Lipinski definition) is 2. The third-order valence-electron chi connectivity index (χ3n) is 2.49. The summed E-state index contributed by atoms with van der Waals surface area (Å²) < 4.78 is 1.11. The molecule has 0 radical (unpaired) electrons. The van der Waals surface area contributed by atoms with Crippen LogP contribution < -0.4 is 0 Å². The predicted octanol–water partition coefficient (Wildman–Crippen LogP) is 3.43. The molecule has 0 fully saturated rings. The topological polar surface area (TPSA) is 27.0 Å². The van der Waals surface area contributed by atoms with Crippen LogP contribution in [0.4, 0.5) is 0 Å². The molecule has 1 atom stereocenters. The van der Waals surface area contributed by atoms with Crippen LogP contribution in [0.2, 0.25) is 0 Å². The van der Waals surface area contributed by atoms with Crippen molar-refractivity contribution in [3.8, 4) is 6.07 Å². The number of benzene rings is 1. The molecule has 0 saturated carbocycles. The molecule has 3 heteroatoms. The Balaban J connectivity index is 2.60. The summed E-state index contributed by atoms with van der Waals surface area (Å²) in [5, 5.41) is 8.81. The molecule has 1 rings (SSSR count). The van der Waals surface area contributed by atoms with E-state index < -0.39 is 0 Å². The summed E-state index contributed by atoms with van der Waals surface area (Å²) in [6.07, 6.45) is 0. The number of nitrogens with zero attached hydrogens (tertiary/aromatic N) is 2. The second-order valence-corrected chi connectivity index (χ2v) is 4.90. The monoisotopic (exact) mass is 280 g/mol. The fourth-order valence-electron chi connectivity index (χ4n) is 1.63.